The van der Waals surface area contributed by atoms with Gasteiger partial charge in [-0.25, -0.2) is 0 Å². The molecule has 0 fully saturated rings. The molecule has 0 aliphatic heterocycles. The van der Waals surface area contributed by atoms with Gasteiger partial charge in [-0.1, -0.05) is 6.07 Å². The molecule has 0 saturated heterocycles. The lowest BCUT2D eigenvalue weighted by molar-refractivity contribution is 0.0746. The summed E-state index contributed by atoms with van der Waals surface area (Å²) >= 11 is 0. The number of hydrogen-bond donors (Lipinski definition) is 0. The van der Waals surface area contributed by atoms with Gasteiger partial charge in [0.15, 0.2) is 5.76 Å². The molecule has 0 bridgehead atoms. The molecule has 2 heterocycles. The van der Waals surface area contributed by atoms with Crippen LogP contribution in [-0.2, 0) is 20.2 Å². The topological polar surface area (TPSA) is 60.5 Å². The molecule has 3 rings (SSSR count). The molecule has 0 unspecified atom stereocenters. The van der Waals surface area contributed by atoms with Crippen LogP contribution in [0.5, 0.6) is 5.75 Å². The normalized spacial score (nSPS) is 10.8. The summed E-state index contributed by atoms with van der Waals surface area (Å²) in [5.74, 6) is 1.53. The summed E-state index contributed by atoms with van der Waals surface area (Å²) in [5, 5.41) is 4.11. The third kappa shape index (κ3) is 4.14. The Labute approximate surface area is 153 Å². The minimum absolute atomic E-state index is 0.177. The first-order valence-corrected chi connectivity index (χ1v) is 8.44. The van der Waals surface area contributed by atoms with Crippen LogP contribution in [0.3, 0.4) is 0 Å². The van der Waals surface area contributed by atoms with Crippen LogP contribution in [0.25, 0.3) is 0 Å². The van der Waals surface area contributed by atoms with Gasteiger partial charge in [-0.2, -0.15) is 5.10 Å². The lowest BCUT2D eigenvalue weighted by Gasteiger charge is -2.15. The standard InChI is InChI=1S/C20H23N3O3/c1-14-9-15(2)11-18(10-14)25-13-17-5-6-19(26-17)20(24)22(3)12-16-7-8-21-23(16)4/h5-11H,12-13H2,1-4H3. The minimum atomic E-state index is -0.177. The number of carbonyl (C=O) groups excluding carboxylic acids is 1. The number of nitrogens with zero attached hydrogens (tertiary/aromatic N) is 3. The number of carbonyl (C=O) groups is 1. The van der Waals surface area contributed by atoms with Gasteiger partial charge < -0.3 is 14.1 Å². The molecule has 2 aromatic heterocycles. The van der Waals surface area contributed by atoms with Crippen molar-refractivity contribution in [1.82, 2.24) is 14.7 Å². The number of amides is 1. The maximum atomic E-state index is 12.5. The van der Waals surface area contributed by atoms with Crippen LogP contribution in [0.4, 0.5) is 0 Å². The van der Waals surface area contributed by atoms with Crippen molar-refractivity contribution in [2.45, 2.75) is 27.0 Å². The molecule has 0 saturated carbocycles. The van der Waals surface area contributed by atoms with Crippen LogP contribution in [0.15, 0.2) is 47.0 Å². The third-order valence-electron chi connectivity index (χ3n) is 4.12. The lowest BCUT2D eigenvalue weighted by atomic mass is 10.1. The van der Waals surface area contributed by atoms with Gasteiger partial charge in [-0.3, -0.25) is 9.48 Å². The van der Waals surface area contributed by atoms with Crippen LogP contribution in [-0.4, -0.2) is 27.6 Å². The van der Waals surface area contributed by atoms with E-state index in [4.69, 9.17) is 9.15 Å². The van der Waals surface area contributed by atoms with E-state index >= 15 is 0 Å². The smallest absolute Gasteiger partial charge is 0.289 e. The first-order chi connectivity index (χ1) is 12.4. The van der Waals surface area contributed by atoms with Gasteiger partial charge in [0, 0.05) is 20.3 Å². The average molecular weight is 353 g/mol. The molecule has 0 aliphatic rings. The van der Waals surface area contributed by atoms with Crippen LogP contribution in [0.1, 0.15) is 33.1 Å². The Hall–Kier alpha value is -3.02. The van der Waals surface area contributed by atoms with E-state index in [0.29, 0.717) is 18.1 Å². The van der Waals surface area contributed by atoms with E-state index in [9.17, 15) is 4.79 Å². The zero-order valence-electron chi connectivity index (χ0n) is 15.5. The Kier molecular flexibility index (Phi) is 5.11. The summed E-state index contributed by atoms with van der Waals surface area (Å²) in [6, 6.07) is 11.4. The fourth-order valence-corrected chi connectivity index (χ4v) is 2.80. The van der Waals surface area contributed by atoms with E-state index < -0.39 is 0 Å². The molecule has 6 nitrogen and oxygen atoms in total. The summed E-state index contributed by atoms with van der Waals surface area (Å²) in [6.45, 7) is 4.80. The van der Waals surface area contributed by atoms with Crippen molar-refractivity contribution in [1.29, 1.82) is 0 Å². The number of aromatic nitrogens is 2. The molecule has 26 heavy (non-hydrogen) atoms. The predicted octanol–water partition coefficient (Wildman–Crippen LogP) is 3.48. The SMILES string of the molecule is Cc1cc(C)cc(OCc2ccc(C(=O)N(C)Cc3ccnn3C)o2)c1. The molecule has 0 radical (unpaired) electrons. The maximum Gasteiger partial charge on any atom is 0.289 e. The molecule has 136 valence electrons. The van der Waals surface area contributed by atoms with E-state index in [1.165, 1.54) is 0 Å². The Balaban J connectivity index is 1.61. The summed E-state index contributed by atoms with van der Waals surface area (Å²) in [4.78, 5) is 14.1. The molecule has 3 aromatic rings. The van der Waals surface area contributed by atoms with E-state index in [0.717, 1.165) is 22.6 Å². The number of benzene rings is 1. The highest BCUT2D eigenvalue weighted by Gasteiger charge is 2.17. The second-order valence-corrected chi connectivity index (χ2v) is 6.49. The highest BCUT2D eigenvalue weighted by molar-refractivity contribution is 5.91. The van der Waals surface area contributed by atoms with Gasteiger partial charge in [-0.15, -0.1) is 0 Å². The summed E-state index contributed by atoms with van der Waals surface area (Å²) in [6.07, 6.45) is 1.71. The fourth-order valence-electron chi connectivity index (χ4n) is 2.80. The van der Waals surface area contributed by atoms with E-state index in [1.54, 1.807) is 35.0 Å². The van der Waals surface area contributed by atoms with Gasteiger partial charge in [-0.05, 0) is 55.3 Å². The van der Waals surface area contributed by atoms with Crippen molar-refractivity contribution in [2.75, 3.05) is 7.05 Å². The molecular formula is C20H23N3O3. The third-order valence-corrected chi connectivity index (χ3v) is 4.12. The van der Waals surface area contributed by atoms with Crippen molar-refractivity contribution in [3.63, 3.8) is 0 Å². The Bertz CT molecular complexity index is 890. The first kappa shape index (κ1) is 17.8. The van der Waals surface area contributed by atoms with Crippen molar-refractivity contribution in [3.05, 3.63) is 70.9 Å². The van der Waals surface area contributed by atoms with Gasteiger partial charge >= 0.3 is 0 Å². The Morgan fingerprint density at radius 2 is 1.92 bits per heavy atom. The van der Waals surface area contributed by atoms with E-state index in [2.05, 4.69) is 11.2 Å². The average Bonchev–Trinajstić information content (AvgIpc) is 3.21. The van der Waals surface area contributed by atoms with Crippen molar-refractivity contribution in [3.8, 4) is 5.75 Å². The quantitative estimate of drug-likeness (QED) is 0.681. The molecule has 0 atom stereocenters. The Morgan fingerprint density at radius 1 is 1.19 bits per heavy atom. The van der Waals surface area contributed by atoms with Crippen molar-refractivity contribution in [2.24, 2.45) is 7.05 Å². The summed E-state index contributed by atoms with van der Waals surface area (Å²) in [7, 11) is 3.59. The summed E-state index contributed by atoms with van der Waals surface area (Å²) in [5.41, 5.74) is 3.24. The number of ether oxygens (including phenoxy) is 1. The maximum absolute atomic E-state index is 12.5. The highest BCUT2D eigenvalue weighted by Crippen LogP contribution is 2.19. The molecule has 0 N–H and O–H groups in total. The number of aryl methyl sites for hydroxylation is 3. The van der Waals surface area contributed by atoms with Crippen LogP contribution >= 0.6 is 0 Å². The van der Waals surface area contributed by atoms with Crippen molar-refractivity contribution >= 4 is 5.91 Å². The van der Waals surface area contributed by atoms with Crippen LogP contribution in [0.2, 0.25) is 0 Å². The molecule has 1 amide bonds. The molecule has 6 heteroatoms. The Morgan fingerprint density at radius 3 is 2.58 bits per heavy atom. The first-order valence-electron chi connectivity index (χ1n) is 8.44. The summed E-state index contributed by atoms with van der Waals surface area (Å²) < 4.78 is 13.2. The van der Waals surface area contributed by atoms with Crippen LogP contribution < -0.4 is 4.74 Å². The van der Waals surface area contributed by atoms with E-state index in [-0.39, 0.29) is 12.5 Å². The lowest BCUT2D eigenvalue weighted by Crippen LogP contribution is -2.26. The zero-order chi connectivity index (χ0) is 18.7. The van der Waals surface area contributed by atoms with E-state index in [1.807, 2.05) is 39.1 Å². The highest BCUT2D eigenvalue weighted by atomic mass is 16.5. The monoisotopic (exact) mass is 353 g/mol. The molecular weight excluding hydrogens is 330 g/mol. The largest absolute Gasteiger partial charge is 0.486 e. The van der Waals surface area contributed by atoms with Gasteiger partial charge in [0.05, 0.1) is 12.2 Å². The molecule has 0 aliphatic carbocycles. The molecule has 0 spiro atoms. The number of rotatable bonds is 6. The number of furan rings is 1. The molecule has 1 aromatic carbocycles. The second kappa shape index (κ2) is 7.47. The van der Waals surface area contributed by atoms with Crippen LogP contribution in [0, 0.1) is 13.8 Å². The number of hydrogen-bond acceptors (Lipinski definition) is 4. The fraction of sp³-hybridized carbons (Fsp3) is 0.300. The predicted molar refractivity (Wildman–Crippen MR) is 98.0 cm³/mol. The van der Waals surface area contributed by atoms with Gasteiger partial charge in [0.2, 0.25) is 0 Å². The van der Waals surface area contributed by atoms with Gasteiger partial charge in [0.1, 0.15) is 18.1 Å². The van der Waals surface area contributed by atoms with Crippen molar-refractivity contribution < 1.29 is 13.9 Å². The second-order valence-electron chi connectivity index (χ2n) is 6.49. The van der Waals surface area contributed by atoms with Gasteiger partial charge in [0.25, 0.3) is 5.91 Å². The minimum Gasteiger partial charge on any atom is -0.486 e. The zero-order valence-corrected chi connectivity index (χ0v) is 15.5.